The Bertz CT molecular complexity index is 966. The van der Waals surface area contributed by atoms with Crippen molar-refractivity contribution in [2.75, 3.05) is 17.1 Å². The van der Waals surface area contributed by atoms with E-state index in [9.17, 15) is 26.4 Å². The Labute approximate surface area is 172 Å². The van der Waals surface area contributed by atoms with Gasteiger partial charge in [0.1, 0.15) is 6.54 Å². The highest BCUT2D eigenvalue weighted by Crippen LogP contribution is 2.36. The molecule has 0 fully saturated rings. The molecule has 158 valence electrons. The van der Waals surface area contributed by atoms with E-state index in [2.05, 4.69) is 5.32 Å². The number of nitrogens with zero attached hydrogens (tertiary/aromatic N) is 1. The first-order chi connectivity index (χ1) is 13.4. The third-order valence-corrected chi connectivity index (χ3v) is 5.62. The number of hydrogen-bond acceptors (Lipinski definition) is 3. The van der Waals surface area contributed by atoms with Gasteiger partial charge in [-0.15, -0.1) is 0 Å². The number of carbonyl (C=O) groups is 1. The first-order valence-corrected chi connectivity index (χ1v) is 10.8. The molecule has 10 heteroatoms. The summed E-state index contributed by atoms with van der Waals surface area (Å²) in [7, 11) is -4.08. The molecule has 29 heavy (non-hydrogen) atoms. The predicted molar refractivity (Wildman–Crippen MR) is 106 cm³/mol. The molecule has 0 radical (unpaired) electrons. The molecule has 0 aromatic heterocycles. The molecule has 0 bridgehead atoms. The summed E-state index contributed by atoms with van der Waals surface area (Å²) in [5.74, 6) is -0.667. The van der Waals surface area contributed by atoms with Crippen LogP contribution in [0.25, 0.3) is 0 Å². The Morgan fingerprint density at radius 2 is 1.79 bits per heavy atom. The maximum absolute atomic E-state index is 13.0. The van der Waals surface area contributed by atoms with Gasteiger partial charge in [-0.25, -0.2) is 8.42 Å². The number of nitrogens with one attached hydrogen (secondary N) is 1. The van der Waals surface area contributed by atoms with Crippen LogP contribution in [-0.4, -0.2) is 27.1 Å². The summed E-state index contributed by atoms with van der Waals surface area (Å²) >= 11 is 5.95. The standard InChI is InChI=1S/C19H20ClF3N2O3S/c1-3-16(13-7-5-4-6-8-13)24-18(26)12-25(29(2,27)28)17-11-14(19(21,22)23)9-10-15(17)20/h4-11,16H,3,12H2,1-2H3,(H,24,26)/t16-/m1/s1. The van der Waals surface area contributed by atoms with E-state index < -0.39 is 39.9 Å². The lowest BCUT2D eigenvalue weighted by atomic mass is 10.0. The number of halogens is 4. The Kier molecular flexibility index (Phi) is 7.18. The van der Waals surface area contributed by atoms with E-state index >= 15 is 0 Å². The normalized spacial score (nSPS) is 13.0. The molecule has 0 heterocycles. The van der Waals surface area contributed by atoms with Crippen LogP contribution in [0.2, 0.25) is 5.02 Å². The third-order valence-electron chi connectivity index (χ3n) is 4.18. The number of carbonyl (C=O) groups excluding carboxylic acids is 1. The molecule has 0 saturated carbocycles. The smallest absolute Gasteiger partial charge is 0.348 e. The van der Waals surface area contributed by atoms with E-state index in [1.54, 1.807) is 12.1 Å². The lowest BCUT2D eigenvalue weighted by Crippen LogP contribution is -2.41. The number of anilines is 1. The van der Waals surface area contributed by atoms with Crippen molar-refractivity contribution in [3.05, 3.63) is 64.7 Å². The monoisotopic (exact) mass is 448 g/mol. The highest BCUT2D eigenvalue weighted by atomic mass is 35.5. The fourth-order valence-corrected chi connectivity index (χ4v) is 3.87. The minimum atomic E-state index is -4.69. The van der Waals surface area contributed by atoms with Crippen molar-refractivity contribution < 1.29 is 26.4 Å². The minimum Gasteiger partial charge on any atom is -0.348 e. The van der Waals surface area contributed by atoms with Crippen LogP contribution in [0.3, 0.4) is 0 Å². The van der Waals surface area contributed by atoms with Crippen LogP contribution in [0.1, 0.15) is 30.5 Å². The molecular weight excluding hydrogens is 429 g/mol. The number of amides is 1. The second-order valence-electron chi connectivity index (χ2n) is 6.37. The molecule has 2 aromatic carbocycles. The van der Waals surface area contributed by atoms with Crippen molar-refractivity contribution in [3.8, 4) is 0 Å². The van der Waals surface area contributed by atoms with Crippen molar-refractivity contribution in [1.29, 1.82) is 0 Å². The number of sulfonamides is 1. The van der Waals surface area contributed by atoms with Crippen LogP contribution in [0.15, 0.2) is 48.5 Å². The van der Waals surface area contributed by atoms with E-state index in [4.69, 9.17) is 11.6 Å². The van der Waals surface area contributed by atoms with Crippen molar-refractivity contribution in [3.63, 3.8) is 0 Å². The van der Waals surface area contributed by atoms with Crippen molar-refractivity contribution in [1.82, 2.24) is 5.32 Å². The summed E-state index contributed by atoms with van der Waals surface area (Å²) in [6.07, 6.45) is -3.35. The van der Waals surface area contributed by atoms with Crippen LogP contribution in [0, 0.1) is 0 Å². The van der Waals surface area contributed by atoms with Gasteiger partial charge in [-0.1, -0.05) is 48.9 Å². The van der Waals surface area contributed by atoms with Gasteiger partial charge in [0, 0.05) is 0 Å². The van der Waals surface area contributed by atoms with E-state index in [1.807, 2.05) is 25.1 Å². The zero-order chi connectivity index (χ0) is 21.8. The van der Waals surface area contributed by atoms with Crippen LogP contribution in [-0.2, 0) is 21.0 Å². The summed E-state index contributed by atoms with van der Waals surface area (Å²) in [6.45, 7) is 1.14. The molecule has 0 spiro atoms. The second kappa shape index (κ2) is 9.04. The van der Waals surface area contributed by atoms with Gasteiger partial charge in [0.15, 0.2) is 0 Å². The first kappa shape index (κ1) is 23.0. The number of hydrogen-bond donors (Lipinski definition) is 1. The van der Waals surface area contributed by atoms with Crippen LogP contribution >= 0.6 is 11.6 Å². The van der Waals surface area contributed by atoms with Crippen LogP contribution in [0.5, 0.6) is 0 Å². The quantitative estimate of drug-likeness (QED) is 0.683. The van der Waals surface area contributed by atoms with Gasteiger partial charge in [-0.3, -0.25) is 9.10 Å². The van der Waals surface area contributed by atoms with Gasteiger partial charge in [-0.05, 0) is 30.2 Å². The molecule has 1 N–H and O–H groups in total. The summed E-state index contributed by atoms with van der Waals surface area (Å²) < 4.78 is 64.1. The number of rotatable bonds is 7. The maximum Gasteiger partial charge on any atom is 0.416 e. The van der Waals surface area contributed by atoms with Crippen LogP contribution in [0.4, 0.5) is 18.9 Å². The zero-order valence-electron chi connectivity index (χ0n) is 15.7. The van der Waals surface area contributed by atoms with E-state index in [0.717, 1.165) is 24.0 Å². The molecular formula is C19H20ClF3N2O3S. The fraction of sp³-hybridized carbons (Fsp3) is 0.316. The highest BCUT2D eigenvalue weighted by Gasteiger charge is 2.33. The molecule has 0 saturated heterocycles. The molecule has 1 atom stereocenters. The summed E-state index contributed by atoms with van der Waals surface area (Å²) in [4.78, 5) is 12.5. The first-order valence-electron chi connectivity index (χ1n) is 8.62. The predicted octanol–water partition coefficient (Wildman–Crippen LogP) is 4.39. The van der Waals surface area contributed by atoms with Crippen molar-refractivity contribution in [2.24, 2.45) is 0 Å². The van der Waals surface area contributed by atoms with E-state index in [-0.39, 0.29) is 11.1 Å². The molecule has 2 aromatic rings. The largest absolute Gasteiger partial charge is 0.416 e. The zero-order valence-corrected chi connectivity index (χ0v) is 17.3. The van der Waals surface area contributed by atoms with Gasteiger partial charge >= 0.3 is 6.18 Å². The van der Waals surface area contributed by atoms with Crippen molar-refractivity contribution in [2.45, 2.75) is 25.6 Å². The molecule has 0 unspecified atom stereocenters. The summed E-state index contributed by atoms with van der Waals surface area (Å²) in [5, 5.41) is 2.49. The molecule has 0 aliphatic carbocycles. The average molecular weight is 449 g/mol. The Balaban J connectivity index is 2.32. The summed E-state index contributed by atoms with van der Waals surface area (Å²) in [5.41, 5.74) is -0.653. The van der Waals surface area contributed by atoms with Crippen LogP contribution < -0.4 is 9.62 Å². The average Bonchev–Trinajstić information content (AvgIpc) is 2.63. The van der Waals surface area contributed by atoms with Gasteiger partial charge in [0.25, 0.3) is 0 Å². The lowest BCUT2D eigenvalue weighted by molar-refractivity contribution is -0.137. The molecule has 0 aliphatic rings. The number of alkyl halides is 3. The molecule has 0 aliphatic heterocycles. The van der Waals surface area contributed by atoms with Crippen molar-refractivity contribution >= 4 is 33.2 Å². The van der Waals surface area contributed by atoms with Gasteiger partial charge in [0.05, 0.1) is 28.6 Å². The highest BCUT2D eigenvalue weighted by molar-refractivity contribution is 7.92. The second-order valence-corrected chi connectivity index (χ2v) is 8.69. The minimum absolute atomic E-state index is 0.216. The molecule has 2 rings (SSSR count). The molecule has 5 nitrogen and oxygen atoms in total. The Morgan fingerprint density at radius 1 is 1.17 bits per heavy atom. The Hall–Kier alpha value is -2.26. The number of benzene rings is 2. The van der Waals surface area contributed by atoms with Gasteiger partial charge in [0.2, 0.25) is 15.9 Å². The molecule has 1 amide bonds. The SMILES string of the molecule is CC[C@@H](NC(=O)CN(c1cc(C(F)(F)F)ccc1Cl)S(C)(=O)=O)c1ccccc1. The van der Waals surface area contributed by atoms with Gasteiger partial charge in [-0.2, -0.15) is 13.2 Å². The summed E-state index contributed by atoms with van der Waals surface area (Å²) in [6, 6.07) is 11.0. The Morgan fingerprint density at radius 3 is 2.31 bits per heavy atom. The van der Waals surface area contributed by atoms with Gasteiger partial charge < -0.3 is 5.32 Å². The topological polar surface area (TPSA) is 66.5 Å². The van der Waals surface area contributed by atoms with E-state index in [0.29, 0.717) is 16.8 Å². The van der Waals surface area contributed by atoms with E-state index in [1.165, 1.54) is 0 Å². The lowest BCUT2D eigenvalue weighted by Gasteiger charge is -2.25. The third kappa shape index (κ3) is 6.11. The fourth-order valence-electron chi connectivity index (χ4n) is 2.74. The maximum atomic E-state index is 13.0.